The van der Waals surface area contributed by atoms with E-state index in [-0.39, 0.29) is 11.1 Å². The number of aromatic nitrogens is 1. The highest BCUT2D eigenvalue weighted by Gasteiger charge is 2.26. The number of fused-ring (bicyclic) bond motifs is 3. The molecule has 2 aromatic carbocycles. The monoisotopic (exact) mass is 313 g/mol. The topological polar surface area (TPSA) is 99.6 Å². The van der Waals surface area contributed by atoms with E-state index < -0.39 is 11.9 Å². The van der Waals surface area contributed by atoms with Crippen molar-refractivity contribution in [2.24, 2.45) is 0 Å². The summed E-state index contributed by atoms with van der Waals surface area (Å²) in [4.78, 5) is 26.4. The van der Waals surface area contributed by atoms with Crippen LogP contribution in [0.4, 0.5) is 0 Å². The first-order valence-corrected chi connectivity index (χ1v) is 6.96. The number of aryl methyl sites for hydroxylation is 2. The summed E-state index contributed by atoms with van der Waals surface area (Å²) in [5.41, 5.74) is 1.91. The third-order valence-corrected chi connectivity index (χ3v) is 4.18. The number of aromatic amines is 1. The Morgan fingerprint density at radius 1 is 1.04 bits per heavy atom. The number of nitrogens with one attached hydrogen (secondary N) is 1. The Kier molecular flexibility index (Phi) is 3.25. The van der Waals surface area contributed by atoms with Crippen molar-refractivity contribution in [2.75, 3.05) is 7.11 Å². The lowest BCUT2D eigenvalue weighted by Crippen LogP contribution is -2.13. The van der Waals surface area contributed by atoms with Gasteiger partial charge in [0, 0.05) is 16.3 Å². The second-order valence-electron chi connectivity index (χ2n) is 5.40. The van der Waals surface area contributed by atoms with Crippen molar-refractivity contribution in [1.82, 2.24) is 4.98 Å². The van der Waals surface area contributed by atoms with Gasteiger partial charge in [0.1, 0.15) is 5.75 Å². The van der Waals surface area contributed by atoms with Crippen molar-refractivity contribution >= 4 is 33.7 Å². The van der Waals surface area contributed by atoms with Crippen molar-refractivity contribution in [1.29, 1.82) is 0 Å². The number of rotatable bonds is 3. The van der Waals surface area contributed by atoms with Crippen molar-refractivity contribution in [2.45, 2.75) is 13.8 Å². The number of methoxy groups -OCH3 is 1. The molecule has 0 spiro atoms. The molecule has 0 atom stereocenters. The van der Waals surface area contributed by atoms with E-state index >= 15 is 0 Å². The number of hydrogen-bond donors (Lipinski definition) is 3. The predicted octanol–water partition coefficient (Wildman–Crippen LogP) is 3.34. The minimum absolute atomic E-state index is 0.175. The zero-order valence-electron chi connectivity index (χ0n) is 12.9. The molecule has 0 saturated heterocycles. The van der Waals surface area contributed by atoms with Crippen LogP contribution in [-0.4, -0.2) is 34.2 Å². The van der Waals surface area contributed by atoms with E-state index in [1.165, 1.54) is 0 Å². The summed E-state index contributed by atoms with van der Waals surface area (Å²) in [6.45, 7) is 3.24. The average Bonchev–Trinajstić information content (AvgIpc) is 2.88. The standard InChI is InChI=1S/C17H15NO5/c1-7-12-10-6-9(23-3)4-5-11(10)18-15(12)8(2)14(17(21)22)13(7)16(19)20/h4-6,18H,1-3H3,(H,19,20)(H,21,22). The molecule has 0 aliphatic heterocycles. The van der Waals surface area contributed by atoms with Gasteiger partial charge in [0.2, 0.25) is 0 Å². The van der Waals surface area contributed by atoms with Crippen LogP contribution < -0.4 is 4.74 Å². The Morgan fingerprint density at radius 2 is 1.65 bits per heavy atom. The summed E-state index contributed by atoms with van der Waals surface area (Å²) in [5.74, 6) is -1.85. The van der Waals surface area contributed by atoms with Crippen molar-refractivity contribution < 1.29 is 24.5 Å². The molecule has 6 heteroatoms. The van der Waals surface area contributed by atoms with E-state index in [1.807, 2.05) is 12.1 Å². The van der Waals surface area contributed by atoms with Crippen molar-refractivity contribution in [3.63, 3.8) is 0 Å². The number of benzene rings is 2. The molecule has 3 N–H and O–H groups in total. The molecule has 1 aromatic heterocycles. The average molecular weight is 313 g/mol. The first-order chi connectivity index (χ1) is 10.9. The number of carboxylic acid groups (broad SMARTS) is 2. The number of ether oxygens (including phenoxy) is 1. The van der Waals surface area contributed by atoms with E-state index in [1.54, 1.807) is 27.0 Å². The molecule has 3 aromatic rings. The van der Waals surface area contributed by atoms with Crippen LogP contribution >= 0.6 is 0 Å². The van der Waals surface area contributed by atoms with Gasteiger partial charge in [0.15, 0.2) is 0 Å². The maximum atomic E-state index is 11.6. The number of hydrogen-bond acceptors (Lipinski definition) is 3. The van der Waals surface area contributed by atoms with Gasteiger partial charge in [-0.3, -0.25) is 0 Å². The Balaban J connectivity index is 2.59. The van der Waals surface area contributed by atoms with Crippen LogP contribution in [0.2, 0.25) is 0 Å². The summed E-state index contributed by atoms with van der Waals surface area (Å²) >= 11 is 0. The van der Waals surface area contributed by atoms with Crippen molar-refractivity contribution in [3.8, 4) is 5.75 Å². The zero-order chi connectivity index (χ0) is 16.9. The molecule has 3 rings (SSSR count). The lowest BCUT2D eigenvalue weighted by Gasteiger charge is -2.11. The fraction of sp³-hybridized carbons (Fsp3) is 0.176. The quantitative estimate of drug-likeness (QED) is 0.688. The minimum atomic E-state index is -1.25. The fourth-order valence-electron chi connectivity index (χ4n) is 3.13. The Morgan fingerprint density at radius 3 is 2.22 bits per heavy atom. The number of carbonyl (C=O) groups is 2. The third kappa shape index (κ3) is 2.03. The van der Waals surface area contributed by atoms with E-state index in [0.29, 0.717) is 27.8 Å². The van der Waals surface area contributed by atoms with Crippen molar-refractivity contribution in [3.05, 3.63) is 40.5 Å². The van der Waals surface area contributed by atoms with Crippen LogP contribution in [0.25, 0.3) is 21.8 Å². The molecule has 0 aliphatic rings. The number of carboxylic acids is 2. The second-order valence-corrected chi connectivity index (χ2v) is 5.40. The maximum absolute atomic E-state index is 11.6. The van der Waals surface area contributed by atoms with Crippen LogP contribution in [0, 0.1) is 13.8 Å². The largest absolute Gasteiger partial charge is 0.497 e. The minimum Gasteiger partial charge on any atom is -0.497 e. The molecule has 23 heavy (non-hydrogen) atoms. The highest BCUT2D eigenvalue weighted by Crippen LogP contribution is 2.36. The SMILES string of the molecule is COc1ccc2[nH]c3c(C)c(C(=O)O)c(C(=O)O)c(C)c3c2c1. The fourth-order valence-corrected chi connectivity index (χ4v) is 3.13. The van der Waals surface area contributed by atoms with Crippen LogP contribution in [0.3, 0.4) is 0 Å². The van der Waals surface area contributed by atoms with Gasteiger partial charge in [-0.15, -0.1) is 0 Å². The van der Waals surface area contributed by atoms with Gasteiger partial charge in [0.25, 0.3) is 0 Å². The summed E-state index contributed by atoms with van der Waals surface area (Å²) < 4.78 is 5.23. The van der Waals surface area contributed by atoms with Gasteiger partial charge in [0.05, 0.1) is 23.8 Å². The molecule has 0 aliphatic carbocycles. The van der Waals surface area contributed by atoms with Crippen LogP contribution in [-0.2, 0) is 0 Å². The normalized spacial score (nSPS) is 11.1. The first-order valence-electron chi connectivity index (χ1n) is 6.96. The Hall–Kier alpha value is -3.02. The van der Waals surface area contributed by atoms with E-state index in [4.69, 9.17) is 4.74 Å². The molecule has 118 valence electrons. The summed E-state index contributed by atoms with van der Waals surface area (Å²) in [5, 5.41) is 20.4. The van der Waals surface area contributed by atoms with Gasteiger partial charge in [-0.2, -0.15) is 0 Å². The van der Waals surface area contributed by atoms with Gasteiger partial charge in [-0.25, -0.2) is 9.59 Å². The number of H-pyrrole nitrogens is 1. The number of aromatic carboxylic acids is 2. The van der Waals surface area contributed by atoms with E-state index in [9.17, 15) is 19.8 Å². The second kappa shape index (κ2) is 5.01. The molecule has 0 radical (unpaired) electrons. The predicted molar refractivity (Wildman–Crippen MR) is 85.7 cm³/mol. The Bertz CT molecular complexity index is 984. The van der Waals surface area contributed by atoms with Gasteiger partial charge in [-0.05, 0) is 43.2 Å². The molecule has 0 fully saturated rings. The molecule has 0 unspecified atom stereocenters. The Labute approximate surface area is 131 Å². The lowest BCUT2D eigenvalue weighted by atomic mass is 9.92. The van der Waals surface area contributed by atoms with Crippen LogP contribution in [0.5, 0.6) is 5.75 Å². The molecular formula is C17H15NO5. The van der Waals surface area contributed by atoms with Gasteiger partial charge < -0.3 is 19.9 Å². The maximum Gasteiger partial charge on any atom is 0.336 e. The zero-order valence-corrected chi connectivity index (χ0v) is 12.9. The van der Waals surface area contributed by atoms with Gasteiger partial charge >= 0.3 is 11.9 Å². The molecular weight excluding hydrogens is 298 g/mol. The molecule has 0 saturated carbocycles. The highest BCUT2D eigenvalue weighted by atomic mass is 16.5. The molecule has 0 amide bonds. The summed E-state index contributed by atoms with van der Waals surface area (Å²) in [6, 6.07) is 5.43. The van der Waals surface area contributed by atoms with E-state index in [0.717, 1.165) is 10.9 Å². The van der Waals surface area contributed by atoms with Crippen LogP contribution in [0.1, 0.15) is 31.8 Å². The van der Waals surface area contributed by atoms with Crippen LogP contribution in [0.15, 0.2) is 18.2 Å². The molecule has 1 heterocycles. The molecule has 6 nitrogen and oxygen atoms in total. The highest BCUT2D eigenvalue weighted by molar-refractivity contribution is 6.17. The summed E-state index contributed by atoms with van der Waals surface area (Å²) in [7, 11) is 1.55. The summed E-state index contributed by atoms with van der Waals surface area (Å²) in [6.07, 6.45) is 0. The molecule has 0 bridgehead atoms. The smallest absolute Gasteiger partial charge is 0.336 e. The lowest BCUT2D eigenvalue weighted by molar-refractivity contribution is 0.0650. The van der Waals surface area contributed by atoms with Gasteiger partial charge in [-0.1, -0.05) is 0 Å². The third-order valence-electron chi connectivity index (χ3n) is 4.18. The van der Waals surface area contributed by atoms with E-state index in [2.05, 4.69) is 4.98 Å². The first kappa shape index (κ1) is 14.9.